The van der Waals surface area contributed by atoms with Gasteiger partial charge in [-0.15, -0.1) is 20.2 Å². The van der Waals surface area contributed by atoms with E-state index in [9.17, 15) is 39.7 Å². The van der Waals surface area contributed by atoms with Crippen LogP contribution in [-0.4, -0.2) is 59.2 Å². The minimum absolute atomic E-state index is 0.0632. The van der Waals surface area contributed by atoms with Gasteiger partial charge in [0.25, 0.3) is 10.2 Å². The standard InChI is InChI=1S/C24H28N4O12/c29-22(30)21(26-24(32)40-20-8-4-6-18(16-20)11-14-38-28(35)36)9-1-2-12-25-23(31)39-19-7-3-5-17(15-19)10-13-37-27(33)34/h3-8,15-16,21H,1-2,9-14H2,(H,25,31)(H,26,32)(H,29,30). The van der Waals surface area contributed by atoms with Crippen molar-refractivity contribution in [3.05, 3.63) is 79.9 Å². The Kier molecular flexibility index (Phi) is 12.9. The number of nitrogens with one attached hydrogen (secondary N) is 2. The number of ether oxygens (including phenoxy) is 2. The van der Waals surface area contributed by atoms with E-state index < -0.39 is 34.4 Å². The number of benzene rings is 2. The van der Waals surface area contributed by atoms with Gasteiger partial charge in [-0.1, -0.05) is 24.3 Å². The maximum absolute atomic E-state index is 12.2. The number of carboxylic acids is 1. The molecule has 0 fully saturated rings. The number of hydrogen-bond donors (Lipinski definition) is 3. The van der Waals surface area contributed by atoms with E-state index in [0.29, 0.717) is 24.0 Å². The molecule has 0 aliphatic heterocycles. The summed E-state index contributed by atoms with van der Waals surface area (Å²) in [7, 11) is 0. The van der Waals surface area contributed by atoms with E-state index >= 15 is 0 Å². The largest absolute Gasteiger partial charge is 0.480 e. The van der Waals surface area contributed by atoms with Crippen molar-refractivity contribution in [2.75, 3.05) is 19.8 Å². The van der Waals surface area contributed by atoms with E-state index in [4.69, 9.17) is 9.47 Å². The van der Waals surface area contributed by atoms with E-state index in [-0.39, 0.29) is 50.5 Å². The van der Waals surface area contributed by atoms with Crippen LogP contribution in [0.2, 0.25) is 0 Å². The van der Waals surface area contributed by atoms with Crippen LogP contribution in [0.5, 0.6) is 11.5 Å². The molecule has 16 heteroatoms. The summed E-state index contributed by atoms with van der Waals surface area (Å²) in [6.45, 7) is -0.130. The number of carbonyl (C=O) groups excluding carboxylic acids is 2. The zero-order chi connectivity index (χ0) is 29.3. The molecule has 3 N–H and O–H groups in total. The minimum atomic E-state index is -1.27. The van der Waals surface area contributed by atoms with Crippen LogP contribution >= 0.6 is 0 Å². The third-order valence-electron chi connectivity index (χ3n) is 5.17. The van der Waals surface area contributed by atoms with Crippen molar-refractivity contribution >= 4 is 18.2 Å². The Morgan fingerprint density at radius 3 is 1.85 bits per heavy atom. The van der Waals surface area contributed by atoms with Crippen LogP contribution in [0.3, 0.4) is 0 Å². The maximum atomic E-state index is 12.2. The topological polar surface area (TPSA) is 219 Å². The summed E-state index contributed by atoms with van der Waals surface area (Å²) in [4.78, 5) is 64.7. The second-order valence-electron chi connectivity index (χ2n) is 8.15. The van der Waals surface area contributed by atoms with Crippen molar-refractivity contribution in [2.24, 2.45) is 0 Å². The van der Waals surface area contributed by atoms with Gasteiger partial charge < -0.3 is 34.9 Å². The van der Waals surface area contributed by atoms with Crippen LogP contribution in [0.1, 0.15) is 30.4 Å². The first kappa shape index (κ1) is 31.1. The third-order valence-corrected chi connectivity index (χ3v) is 5.17. The van der Waals surface area contributed by atoms with Crippen LogP contribution < -0.4 is 20.1 Å². The fourth-order valence-electron chi connectivity index (χ4n) is 3.35. The molecule has 2 amide bonds. The minimum Gasteiger partial charge on any atom is -0.480 e. The first-order valence-electron chi connectivity index (χ1n) is 12.0. The summed E-state index contributed by atoms with van der Waals surface area (Å²) in [5, 5.41) is 32.9. The highest BCUT2D eigenvalue weighted by Crippen LogP contribution is 2.15. The predicted molar refractivity (Wildman–Crippen MR) is 135 cm³/mol. The lowest BCUT2D eigenvalue weighted by Crippen LogP contribution is -2.42. The fraction of sp³-hybridized carbons (Fsp3) is 0.375. The molecule has 1 unspecified atom stereocenters. The third kappa shape index (κ3) is 12.9. The number of hydrogen-bond acceptors (Lipinski definition) is 11. The van der Waals surface area contributed by atoms with Gasteiger partial charge in [-0.05, 0) is 67.5 Å². The number of carboxylic acid groups (broad SMARTS) is 1. The van der Waals surface area contributed by atoms with Crippen molar-refractivity contribution in [3.8, 4) is 11.5 Å². The lowest BCUT2D eigenvalue weighted by Gasteiger charge is -2.15. The highest BCUT2D eigenvalue weighted by molar-refractivity contribution is 5.80. The smallest absolute Gasteiger partial charge is 0.413 e. The molecule has 0 bridgehead atoms. The van der Waals surface area contributed by atoms with Gasteiger partial charge >= 0.3 is 18.2 Å². The Bertz CT molecular complexity index is 1180. The van der Waals surface area contributed by atoms with Gasteiger partial charge in [0.1, 0.15) is 30.8 Å². The first-order chi connectivity index (χ1) is 19.1. The number of amides is 2. The Labute approximate surface area is 227 Å². The molecule has 40 heavy (non-hydrogen) atoms. The molecular formula is C24H28N4O12. The number of rotatable bonds is 17. The van der Waals surface area contributed by atoms with Gasteiger partial charge in [-0.2, -0.15) is 0 Å². The quantitative estimate of drug-likeness (QED) is 0.143. The summed E-state index contributed by atoms with van der Waals surface area (Å²) in [5.74, 6) is -0.905. The molecule has 16 nitrogen and oxygen atoms in total. The second-order valence-corrected chi connectivity index (χ2v) is 8.15. The van der Waals surface area contributed by atoms with Gasteiger partial charge in [0, 0.05) is 6.54 Å². The molecule has 216 valence electrons. The van der Waals surface area contributed by atoms with Crippen LogP contribution in [0.25, 0.3) is 0 Å². The van der Waals surface area contributed by atoms with Crippen molar-refractivity contribution in [2.45, 2.75) is 38.1 Å². The fourth-order valence-corrected chi connectivity index (χ4v) is 3.35. The SMILES string of the molecule is O=C(NCCCCC(NC(=O)Oc1cccc(CCO[N+](=O)[O-])c1)C(=O)O)Oc1cccc(CCO[N+](=O)[O-])c1. The van der Waals surface area contributed by atoms with Gasteiger partial charge in [0.15, 0.2) is 0 Å². The number of carbonyl (C=O) groups is 3. The van der Waals surface area contributed by atoms with E-state index in [1.807, 2.05) is 0 Å². The molecule has 0 aromatic heterocycles. The number of unbranched alkanes of at least 4 members (excludes halogenated alkanes) is 1. The Morgan fingerprint density at radius 2 is 1.35 bits per heavy atom. The summed E-state index contributed by atoms with van der Waals surface area (Å²) in [6.07, 6.45) is -0.472. The van der Waals surface area contributed by atoms with Gasteiger partial charge in [-0.25, -0.2) is 14.4 Å². The lowest BCUT2D eigenvalue weighted by atomic mass is 10.1. The molecule has 0 heterocycles. The highest BCUT2D eigenvalue weighted by Gasteiger charge is 2.20. The normalized spacial score (nSPS) is 11.0. The molecule has 0 radical (unpaired) electrons. The number of nitrogens with zero attached hydrogens (tertiary/aromatic N) is 2. The average Bonchev–Trinajstić information content (AvgIpc) is 2.87. The lowest BCUT2D eigenvalue weighted by molar-refractivity contribution is -0.757. The van der Waals surface area contributed by atoms with Gasteiger partial charge in [0.05, 0.1) is 0 Å². The molecule has 0 aliphatic rings. The van der Waals surface area contributed by atoms with Crippen LogP contribution in [0, 0.1) is 20.2 Å². The summed E-state index contributed by atoms with van der Waals surface area (Å²) in [5.41, 5.74) is 1.29. The monoisotopic (exact) mass is 564 g/mol. The molecule has 2 rings (SSSR count). The Morgan fingerprint density at radius 1 is 0.825 bits per heavy atom. The molecule has 2 aromatic carbocycles. The molecular weight excluding hydrogens is 536 g/mol. The average molecular weight is 565 g/mol. The maximum Gasteiger partial charge on any atom is 0.413 e. The van der Waals surface area contributed by atoms with Gasteiger partial charge in [-0.3, -0.25) is 0 Å². The molecule has 0 saturated carbocycles. The van der Waals surface area contributed by atoms with Gasteiger partial charge in [0.2, 0.25) is 0 Å². The first-order valence-corrected chi connectivity index (χ1v) is 12.0. The summed E-state index contributed by atoms with van der Waals surface area (Å²) < 4.78 is 10.3. The summed E-state index contributed by atoms with van der Waals surface area (Å²) >= 11 is 0. The van der Waals surface area contributed by atoms with Crippen LogP contribution in [-0.2, 0) is 27.3 Å². The number of aliphatic carboxylic acids is 1. The highest BCUT2D eigenvalue weighted by atomic mass is 17.0. The van der Waals surface area contributed by atoms with Crippen molar-refractivity contribution in [1.29, 1.82) is 0 Å². The van der Waals surface area contributed by atoms with Crippen molar-refractivity contribution < 1.29 is 48.8 Å². The van der Waals surface area contributed by atoms with E-state index in [1.165, 1.54) is 12.1 Å². The molecule has 0 aliphatic carbocycles. The van der Waals surface area contributed by atoms with Crippen LogP contribution in [0.4, 0.5) is 9.59 Å². The predicted octanol–water partition coefficient (Wildman–Crippen LogP) is 2.69. The van der Waals surface area contributed by atoms with Crippen molar-refractivity contribution in [1.82, 2.24) is 10.6 Å². The van der Waals surface area contributed by atoms with E-state index in [2.05, 4.69) is 20.3 Å². The van der Waals surface area contributed by atoms with E-state index in [0.717, 1.165) is 0 Å². The van der Waals surface area contributed by atoms with Crippen LogP contribution in [0.15, 0.2) is 48.5 Å². The zero-order valence-corrected chi connectivity index (χ0v) is 21.2. The molecule has 0 saturated heterocycles. The van der Waals surface area contributed by atoms with E-state index in [1.54, 1.807) is 36.4 Å². The molecule has 0 spiro atoms. The molecule has 2 aromatic rings. The zero-order valence-electron chi connectivity index (χ0n) is 21.2. The van der Waals surface area contributed by atoms with Crippen molar-refractivity contribution in [3.63, 3.8) is 0 Å². The second kappa shape index (κ2) is 16.6. The Hall–Kier alpha value is -5.15. The molecule has 1 atom stereocenters. The summed E-state index contributed by atoms with van der Waals surface area (Å²) in [6, 6.07) is 11.4. The Balaban J connectivity index is 1.70.